The molecule has 4 nitrogen and oxygen atoms in total. The van der Waals surface area contributed by atoms with Crippen LogP contribution in [0.2, 0.25) is 0 Å². The molecule has 0 bridgehead atoms. The molecule has 2 atom stereocenters. The summed E-state index contributed by atoms with van der Waals surface area (Å²) in [5, 5.41) is 10.5. The van der Waals surface area contributed by atoms with Crippen LogP contribution in [0.4, 0.5) is 21.4 Å². The molecule has 0 spiro atoms. The standard InChI is InChI=1S/C8H13NO.C4H6F5PS.C2H6.CH2O2/c1-6(2)7(3)8-4-5-9-10-8;5-3(6,2-11-9)1-4(7,8)10;1-2;2-1-3/h4-7H,1-3H3;1-2,10H2;1-2H3;1H,(H,2,3). The van der Waals surface area contributed by atoms with Crippen molar-refractivity contribution in [2.24, 2.45) is 5.92 Å². The maximum absolute atomic E-state index is 12.2. The summed E-state index contributed by atoms with van der Waals surface area (Å²) in [6, 6.07) is 1.92. The van der Waals surface area contributed by atoms with E-state index in [0.29, 0.717) is 11.8 Å². The van der Waals surface area contributed by atoms with Gasteiger partial charge >= 0.3 is 0 Å². The van der Waals surface area contributed by atoms with E-state index in [-0.39, 0.29) is 6.47 Å². The number of hydrogen-bond donors (Lipinski definition) is 1. The average Bonchev–Trinajstić information content (AvgIpc) is 3.01. The van der Waals surface area contributed by atoms with Crippen molar-refractivity contribution < 1.29 is 35.9 Å². The van der Waals surface area contributed by atoms with E-state index in [9.17, 15) is 21.4 Å². The third-order valence-electron chi connectivity index (χ3n) is 2.67. The molecule has 1 aromatic rings. The second-order valence-corrected chi connectivity index (χ2v) is 6.45. The fourth-order valence-electron chi connectivity index (χ4n) is 1.26. The van der Waals surface area contributed by atoms with Crippen molar-refractivity contribution in [2.75, 3.05) is 5.75 Å². The van der Waals surface area contributed by atoms with Crippen LogP contribution in [0.25, 0.3) is 0 Å². The number of hydrogen-bond acceptors (Lipinski definition) is 4. The van der Waals surface area contributed by atoms with E-state index in [1.807, 2.05) is 19.9 Å². The van der Waals surface area contributed by atoms with Gasteiger partial charge < -0.3 is 9.63 Å². The van der Waals surface area contributed by atoms with Gasteiger partial charge in [-0.25, -0.2) is 17.6 Å². The highest BCUT2D eigenvalue weighted by atomic mass is 32.2. The fraction of sp³-hybridized carbons (Fsp3) is 0.733. The lowest BCUT2D eigenvalue weighted by Gasteiger charge is -2.17. The SMILES string of the molecule is CC.CC(C)C(C)c1ccno1.FSCC(F)(F)CC(F)(F)P.O=CO. The summed E-state index contributed by atoms with van der Waals surface area (Å²) in [5.74, 6) is -2.80. The maximum atomic E-state index is 12.2. The minimum atomic E-state index is -3.65. The predicted molar refractivity (Wildman–Crippen MR) is 97.6 cm³/mol. The Labute approximate surface area is 157 Å². The summed E-state index contributed by atoms with van der Waals surface area (Å²) in [6.07, 6.45) is 0.0514. The molecule has 0 saturated carbocycles. The van der Waals surface area contributed by atoms with Crippen molar-refractivity contribution in [1.82, 2.24) is 5.16 Å². The number of nitrogens with zero attached hydrogens (tertiary/aromatic N) is 1. The smallest absolute Gasteiger partial charge is 0.290 e. The summed E-state index contributed by atoms with van der Waals surface area (Å²) in [7, 11) is 0.983. The Morgan fingerprint density at radius 2 is 1.77 bits per heavy atom. The van der Waals surface area contributed by atoms with Gasteiger partial charge in [0, 0.05) is 12.0 Å². The number of aromatic nitrogens is 1. The molecule has 0 amide bonds. The highest BCUT2D eigenvalue weighted by Crippen LogP contribution is 2.36. The van der Waals surface area contributed by atoms with Crippen LogP contribution >= 0.6 is 21.4 Å². The van der Waals surface area contributed by atoms with Gasteiger partial charge in [0.25, 0.3) is 18.1 Å². The number of carboxylic acid groups (broad SMARTS) is 1. The number of rotatable bonds is 6. The molecule has 1 N–H and O–H groups in total. The lowest BCUT2D eigenvalue weighted by Crippen LogP contribution is -2.26. The molecule has 0 aliphatic heterocycles. The van der Waals surface area contributed by atoms with Gasteiger partial charge in [-0.15, -0.1) is 0 Å². The van der Waals surface area contributed by atoms with Crippen LogP contribution in [0.15, 0.2) is 16.8 Å². The molecule has 26 heavy (non-hydrogen) atoms. The number of halogens is 5. The Morgan fingerprint density at radius 1 is 1.31 bits per heavy atom. The summed E-state index contributed by atoms with van der Waals surface area (Å²) in [5.41, 5.74) is -3.53. The molecule has 0 saturated heterocycles. The van der Waals surface area contributed by atoms with Gasteiger partial charge in [0.15, 0.2) is 0 Å². The van der Waals surface area contributed by atoms with Crippen LogP contribution in [-0.2, 0) is 4.79 Å². The third-order valence-corrected chi connectivity index (χ3v) is 3.40. The quantitative estimate of drug-likeness (QED) is 0.330. The Bertz CT molecular complexity index is 431. The molecule has 0 aromatic carbocycles. The molecule has 1 heterocycles. The maximum Gasteiger partial charge on any atom is 0.290 e. The van der Waals surface area contributed by atoms with Gasteiger partial charge in [0.1, 0.15) is 5.76 Å². The van der Waals surface area contributed by atoms with E-state index in [1.165, 1.54) is 0 Å². The molecular weight excluding hydrogens is 400 g/mol. The molecule has 1 aromatic heterocycles. The second kappa shape index (κ2) is 16.3. The summed E-state index contributed by atoms with van der Waals surface area (Å²) >= 11 is -0.643. The van der Waals surface area contributed by atoms with E-state index in [4.69, 9.17) is 14.4 Å². The van der Waals surface area contributed by atoms with Gasteiger partial charge in [-0.1, -0.05) is 49.0 Å². The topological polar surface area (TPSA) is 63.3 Å². The van der Waals surface area contributed by atoms with Crippen LogP contribution in [0.1, 0.15) is 52.7 Å². The van der Waals surface area contributed by atoms with Crippen LogP contribution in [0, 0.1) is 5.92 Å². The first-order valence-corrected chi connectivity index (χ1v) is 9.13. The Balaban J connectivity index is -0.000000327. The zero-order valence-electron chi connectivity index (χ0n) is 15.4. The average molecular weight is 427 g/mol. The van der Waals surface area contributed by atoms with Crippen molar-refractivity contribution in [3.8, 4) is 0 Å². The van der Waals surface area contributed by atoms with Crippen molar-refractivity contribution in [3.05, 3.63) is 18.0 Å². The lowest BCUT2D eigenvalue weighted by molar-refractivity contribution is -0.122. The molecule has 0 aliphatic carbocycles. The van der Waals surface area contributed by atoms with E-state index >= 15 is 0 Å². The number of alkyl halides is 4. The van der Waals surface area contributed by atoms with E-state index < -0.39 is 35.9 Å². The van der Waals surface area contributed by atoms with Gasteiger partial charge in [-0.3, -0.25) is 4.79 Å². The second-order valence-electron chi connectivity index (χ2n) is 5.10. The minimum Gasteiger partial charge on any atom is -0.483 e. The molecule has 1 rings (SSSR count). The normalized spacial score (nSPS) is 11.8. The third kappa shape index (κ3) is 19.4. The summed E-state index contributed by atoms with van der Waals surface area (Å²) in [4.78, 5) is 8.36. The first-order valence-electron chi connectivity index (χ1n) is 7.66. The Morgan fingerprint density at radius 3 is 2.04 bits per heavy atom. The van der Waals surface area contributed by atoms with E-state index in [2.05, 4.69) is 25.9 Å². The van der Waals surface area contributed by atoms with Crippen molar-refractivity contribution >= 4 is 27.9 Å². The predicted octanol–water partition coefficient (Wildman–Crippen LogP) is 6.26. The molecular formula is C15H27F5NO3PS. The summed E-state index contributed by atoms with van der Waals surface area (Å²) in [6.45, 7) is 10.2. The van der Waals surface area contributed by atoms with Crippen LogP contribution in [0.5, 0.6) is 0 Å². The molecule has 0 fully saturated rings. The van der Waals surface area contributed by atoms with Crippen LogP contribution in [-0.4, -0.2) is 34.1 Å². The first-order chi connectivity index (χ1) is 11.9. The molecule has 0 aliphatic rings. The molecule has 11 heteroatoms. The van der Waals surface area contributed by atoms with Crippen LogP contribution in [0.3, 0.4) is 0 Å². The molecule has 0 radical (unpaired) electrons. The first kappa shape index (κ1) is 29.9. The number of carbonyl (C=O) groups is 1. The lowest BCUT2D eigenvalue weighted by atomic mass is 9.96. The van der Waals surface area contributed by atoms with Crippen molar-refractivity contribution in [2.45, 2.75) is 58.5 Å². The molecule has 2 unspecified atom stereocenters. The van der Waals surface area contributed by atoms with Gasteiger partial charge in [0.05, 0.1) is 30.5 Å². The zero-order valence-corrected chi connectivity index (χ0v) is 17.4. The monoisotopic (exact) mass is 427 g/mol. The highest BCUT2D eigenvalue weighted by Gasteiger charge is 2.40. The van der Waals surface area contributed by atoms with E-state index in [0.717, 1.165) is 15.0 Å². The minimum absolute atomic E-state index is 0.250. The van der Waals surface area contributed by atoms with Crippen molar-refractivity contribution in [1.29, 1.82) is 0 Å². The van der Waals surface area contributed by atoms with Gasteiger partial charge in [-0.05, 0) is 5.92 Å². The summed E-state index contributed by atoms with van der Waals surface area (Å²) < 4.78 is 64.4. The Hall–Kier alpha value is -0.890. The largest absolute Gasteiger partial charge is 0.483 e. The highest BCUT2D eigenvalue weighted by molar-refractivity contribution is 7.94. The Kier molecular flexibility index (Phi) is 18.7. The van der Waals surface area contributed by atoms with E-state index in [1.54, 1.807) is 6.20 Å². The van der Waals surface area contributed by atoms with Gasteiger partial charge in [0.2, 0.25) is 0 Å². The van der Waals surface area contributed by atoms with Crippen LogP contribution < -0.4 is 0 Å². The van der Waals surface area contributed by atoms with Crippen molar-refractivity contribution in [3.63, 3.8) is 0 Å². The molecule has 156 valence electrons. The zero-order chi connectivity index (χ0) is 21.4. The van der Waals surface area contributed by atoms with Gasteiger partial charge in [-0.2, -0.15) is 3.89 Å². The fourth-order valence-corrected chi connectivity index (χ4v) is 1.83.